The van der Waals surface area contributed by atoms with Gasteiger partial charge in [0, 0.05) is 17.0 Å². The predicted octanol–water partition coefficient (Wildman–Crippen LogP) is 2.18. The fourth-order valence-electron chi connectivity index (χ4n) is 1.80. The Balaban J connectivity index is 2.12. The van der Waals surface area contributed by atoms with Gasteiger partial charge in [-0.05, 0) is 47.2 Å². The van der Waals surface area contributed by atoms with Crippen LogP contribution in [-0.2, 0) is 16.1 Å². The first-order chi connectivity index (χ1) is 8.58. The molecule has 1 heterocycles. The SMILES string of the molecule is CC(=O)OCCCn1c(N)nc2cc(I)ccc21. The molecule has 0 aliphatic rings. The molecule has 0 amide bonds. The van der Waals surface area contributed by atoms with Crippen LogP contribution in [0.5, 0.6) is 0 Å². The summed E-state index contributed by atoms with van der Waals surface area (Å²) >= 11 is 2.24. The summed E-state index contributed by atoms with van der Waals surface area (Å²) in [6.45, 7) is 2.50. The minimum Gasteiger partial charge on any atom is -0.466 e. The maximum atomic E-state index is 10.7. The summed E-state index contributed by atoms with van der Waals surface area (Å²) in [5.74, 6) is 0.239. The zero-order valence-electron chi connectivity index (χ0n) is 10.0. The van der Waals surface area contributed by atoms with Gasteiger partial charge in [-0.2, -0.15) is 0 Å². The van der Waals surface area contributed by atoms with E-state index in [0.29, 0.717) is 19.1 Å². The molecule has 0 aliphatic carbocycles. The molecule has 0 fully saturated rings. The second-order valence-electron chi connectivity index (χ2n) is 3.95. The number of carbonyl (C=O) groups excluding carboxylic acids is 1. The van der Waals surface area contributed by atoms with Gasteiger partial charge in [0.25, 0.3) is 0 Å². The molecule has 2 N–H and O–H groups in total. The third kappa shape index (κ3) is 2.92. The van der Waals surface area contributed by atoms with Crippen LogP contribution in [0.2, 0.25) is 0 Å². The number of fused-ring (bicyclic) bond motifs is 1. The molecule has 2 rings (SSSR count). The maximum Gasteiger partial charge on any atom is 0.302 e. The summed E-state index contributed by atoms with van der Waals surface area (Å²) < 4.78 is 7.97. The van der Waals surface area contributed by atoms with E-state index in [1.165, 1.54) is 6.92 Å². The minimum atomic E-state index is -0.256. The van der Waals surface area contributed by atoms with E-state index in [2.05, 4.69) is 27.6 Å². The van der Waals surface area contributed by atoms with Gasteiger partial charge in [-0.3, -0.25) is 4.79 Å². The number of carbonyl (C=O) groups is 1. The van der Waals surface area contributed by atoms with Gasteiger partial charge in [0.15, 0.2) is 0 Å². The average molecular weight is 359 g/mol. The molecule has 0 atom stereocenters. The topological polar surface area (TPSA) is 70.1 Å². The third-order valence-electron chi connectivity index (χ3n) is 2.57. The number of nitrogens with zero attached hydrogens (tertiary/aromatic N) is 2. The Labute approximate surface area is 118 Å². The first-order valence-corrected chi connectivity index (χ1v) is 6.70. The van der Waals surface area contributed by atoms with Crippen molar-refractivity contribution in [2.75, 3.05) is 12.3 Å². The van der Waals surface area contributed by atoms with Crippen LogP contribution in [0.3, 0.4) is 0 Å². The van der Waals surface area contributed by atoms with E-state index in [1.807, 2.05) is 22.8 Å². The molecule has 0 saturated heterocycles. The Hall–Kier alpha value is -1.31. The number of aryl methyl sites for hydroxylation is 1. The monoisotopic (exact) mass is 359 g/mol. The number of halogens is 1. The lowest BCUT2D eigenvalue weighted by Gasteiger charge is -2.06. The van der Waals surface area contributed by atoms with E-state index in [9.17, 15) is 4.79 Å². The zero-order chi connectivity index (χ0) is 13.1. The van der Waals surface area contributed by atoms with Gasteiger partial charge in [0.05, 0.1) is 17.6 Å². The van der Waals surface area contributed by atoms with Gasteiger partial charge < -0.3 is 15.0 Å². The molecular weight excluding hydrogens is 345 g/mol. The molecule has 1 aromatic carbocycles. The highest BCUT2D eigenvalue weighted by molar-refractivity contribution is 14.1. The van der Waals surface area contributed by atoms with Crippen LogP contribution in [0.1, 0.15) is 13.3 Å². The summed E-state index contributed by atoms with van der Waals surface area (Å²) in [5, 5.41) is 0. The predicted molar refractivity (Wildman–Crippen MR) is 78.1 cm³/mol. The van der Waals surface area contributed by atoms with Crippen molar-refractivity contribution in [3.05, 3.63) is 21.8 Å². The summed E-state index contributed by atoms with van der Waals surface area (Å²) in [6.07, 6.45) is 0.723. The molecule has 0 unspecified atom stereocenters. The second-order valence-corrected chi connectivity index (χ2v) is 5.19. The standard InChI is InChI=1S/C12H14IN3O2/c1-8(17)18-6-2-5-16-11-4-3-9(13)7-10(11)15-12(16)14/h3-4,7H,2,5-6H2,1H3,(H2,14,15). The number of imidazole rings is 1. The van der Waals surface area contributed by atoms with Crippen LogP contribution in [0.4, 0.5) is 5.95 Å². The quantitative estimate of drug-likeness (QED) is 0.516. The van der Waals surface area contributed by atoms with Gasteiger partial charge >= 0.3 is 5.97 Å². The van der Waals surface area contributed by atoms with Gasteiger partial charge in [0.2, 0.25) is 5.95 Å². The van der Waals surface area contributed by atoms with Crippen molar-refractivity contribution in [1.82, 2.24) is 9.55 Å². The van der Waals surface area contributed by atoms with Crippen molar-refractivity contribution >= 4 is 45.5 Å². The molecule has 2 aromatic rings. The largest absolute Gasteiger partial charge is 0.466 e. The Bertz CT molecular complexity index is 580. The van der Waals surface area contributed by atoms with E-state index in [-0.39, 0.29) is 5.97 Å². The molecule has 18 heavy (non-hydrogen) atoms. The molecule has 96 valence electrons. The number of rotatable bonds is 4. The first-order valence-electron chi connectivity index (χ1n) is 5.62. The first kappa shape index (κ1) is 13.1. The number of anilines is 1. The molecule has 0 saturated carbocycles. The number of aromatic nitrogens is 2. The maximum absolute atomic E-state index is 10.7. The molecule has 5 nitrogen and oxygen atoms in total. The molecule has 0 radical (unpaired) electrons. The van der Waals surface area contributed by atoms with Gasteiger partial charge in [0.1, 0.15) is 0 Å². The number of benzene rings is 1. The summed E-state index contributed by atoms with van der Waals surface area (Å²) in [4.78, 5) is 15.0. The lowest BCUT2D eigenvalue weighted by molar-refractivity contribution is -0.141. The van der Waals surface area contributed by atoms with Gasteiger partial charge in [-0.15, -0.1) is 0 Å². The van der Waals surface area contributed by atoms with Crippen LogP contribution in [0, 0.1) is 3.57 Å². The Kier molecular flexibility index (Phi) is 4.05. The van der Waals surface area contributed by atoms with Crippen LogP contribution >= 0.6 is 22.6 Å². The minimum absolute atomic E-state index is 0.256. The number of ether oxygens (including phenoxy) is 1. The second kappa shape index (κ2) is 5.55. The number of esters is 1. The lowest BCUT2D eigenvalue weighted by atomic mass is 10.3. The summed E-state index contributed by atoms with van der Waals surface area (Å²) in [6, 6.07) is 6.02. The highest BCUT2D eigenvalue weighted by Gasteiger charge is 2.08. The molecule has 6 heteroatoms. The Morgan fingerprint density at radius 1 is 1.56 bits per heavy atom. The van der Waals surface area contributed by atoms with Crippen LogP contribution in [0.15, 0.2) is 18.2 Å². The molecule has 0 aliphatic heterocycles. The van der Waals surface area contributed by atoms with Crippen molar-refractivity contribution < 1.29 is 9.53 Å². The highest BCUT2D eigenvalue weighted by Crippen LogP contribution is 2.20. The average Bonchev–Trinajstić information content (AvgIpc) is 2.59. The normalized spacial score (nSPS) is 10.8. The van der Waals surface area contributed by atoms with E-state index in [1.54, 1.807) is 0 Å². The van der Waals surface area contributed by atoms with E-state index >= 15 is 0 Å². The Morgan fingerprint density at radius 3 is 3.06 bits per heavy atom. The van der Waals surface area contributed by atoms with Gasteiger partial charge in [-0.25, -0.2) is 4.98 Å². The van der Waals surface area contributed by atoms with Crippen molar-refractivity contribution in [2.45, 2.75) is 19.9 Å². The molecule has 0 bridgehead atoms. The fraction of sp³-hybridized carbons (Fsp3) is 0.333. The number of hydrogen-bond acceptors (Lipinski definition) is 4. The van der Waals surface area contributed by atoms with E-state index in [0.717, 1.165) is 21.0 Å². The lowest BCUT2D eigenvalue weighted by Crippen LogP contribution is -2.07. The number of nitrogen functional groups attached to an aromatic ring is 1. The Morgan fingerprint density at radius 2 is 2.33 bits per heavy atom. The van der Waals surface area contributed by atoms with Crippen molar-refractivity contribution in [1.29, 1.82) is 0 Å². The van der Waals surface area contributed by atoms with E-state index < -0.39 is 0 Å². The third-order valence-corrected chi connectivity index (χ3v) is 3.24. The molecular formula is C12H14IN3O2. The van der Waals surface area contributed by atoms with Crippen molar-refractivity contribution in [3.63, 3.8) is 0 Å². The number of hydrogen-bond donors (Lipinski definition) is 1. The molecule has 0 spiro atoms. The fourth-order valence-corrected chi connectivity index (χ4v) is 2.27. The molecule has 1 aromatic heterocycles. The van der Waals surface area contributed by atoms with E-state index in [4.69, 9.17) is 10.5 Å². The van der Waals surface area contributed by atoms with Crippen molar-refractivity contribution in [2.24, 2.45) is 0 Å². The summed E-state index contributed by atoms with van der Waals surface area (Å²) in [7, 11) is 0. The zero-order valence-corrected chi connectivity index (χ0v) is 12.2. The van der Waals surface area contributed by atoms with Crippen LogP contribution in [-0.4, -0.2) is 22.1 Å². The smallest absolute Gasteiger partial charge is 0.302 e. The van der Waals surface area contributed by atoms with Crippen LogP contribution < -0.4 is 5.73 Å². The highest BCUT2D eigenvalue weighted by atomic mass is 127. The number of nitrogens with two attached hydrogens (primary N) is 1. The van der Waals surface area contributed by atoms with Crippen molar-refractivity contribution in [3.8, 4) is 0 Å². The van der Waals surface area contributed by atoms with Crippen LogP contribution in [0.25, 0.3) is 11.0 Å². The van der Waals surface area contributed by atoms with Gasteiger partial charge in [-0.1, -0.05) is 0 Å². The summed E-state index contributed by atoms with van der Waals surface area (Å²) in [5.41, 5.74) is 7.79.